The Kier molecular flexibility index (Phi) is 6.29. The summed E-state index contributed by atoms with van der Waals surface area (Å²) >= 11 is 0. The molecule has 2 bridgehead atoms. The van der Waals surface area contributed by atoms with Crippen molar-refractivity contribution in [2.45, 2.75) is 58.4 Å². The molecular weight excluding hydrogens is 432 g/mol. The highest BCUT2D eigenvalue weighted by Crippen LogP contribution is 2.38. The Bertz CT molecular complexity index is 966. The summed E-state index contributed by atoms with van der Waals surface area (Å²) in [6.07, 6.45) is 5.06. The van der Waals surface area contributed by atoms with E-state index in [1.165, 1.54) is 5.56 Å². The van der Waals surface area contributed by atoms with Crippen LogP contribution in [0.3, 0.4) is 0 Å². The summed E-state index contributed by atoms with van der Waals surface area (Å²) in [5, 5.41) is 4.45. The zero-order valence-electron chi connectivity index (χ0n) is 20.8. The monoisotopic (exact) mass is 470 g/mol. The fourth-order valence-corrected chi connectivity index (χ4v) is 6.68. The zero-order chi connectivity index (χ0) is 24.0. The molecule has 1 aromatic rings. The number of fused-ring (bicyclic) bond motifs is 4. The first-order valence-electron chi connectivity index (χ1n) is 12.9. The van der Waals surface area contributed by atoms with Crippen LogP contribution in [0.5, 0.6) is 0 Å². The van der Waals surface area contributed by atoms with Crippen LogP contribution in [0, 0.1) is 25.7 Å². The molecule has 0 unspecified atom stereocenters. The third kappa shape index (κ3) is 4.29. The van der Waals surface area contributed by atoms with Crippen LogP contribution in [-0.4, -0.2) is 99.1 Å². The highest BCUT2D eigenvalue weighted by molar-refractivity contribution is 5.79. The van der Waals surface area contributed by atoms with Crippen LogP contribution in [0.25, 0.3) is 0 Å². The van der Waals surface area contributed by atoms with E-state index in [2.05, 4.69) is 10.00 Å². The second-order valence-corrected chi connectivity index (χ2v) is 10.7. The minimum atomic E-state index is 0.110. The van der Waals surface area contributed by atoms with Gasteiger partial charge in [0.05, 0.1) is 5.69 Å². The summed E-state index contributed by atoms with van der Waals surface area (Å²) in [7, 11) is 1.93. The summed E-state index contributed by atoms with van der Waals surface area (Å²) in [5.74, 6) is 1.26. The molecule has 3 atom stereocenters. The van der Waals surface area contributed by atoms with Gasteiger partial charge in [-0.25, -0.2) is 4.79 Å². The van der Waals surface area contributed by atoms with Crippen LogP contribution in [0.4, 0.5) is 4.79 Å². The number of urea groups is 1. The molecule has 5 rings (SSSR count). The average Bonchev–Trinajstić information content (AvgIpc) is 3.08. The van der Waals surface area contributed by atoms with Crippen molar-refractivity contribution in [1.82, 2.24) is 29.4 Å². The largest absolute Gasteiger partial charge is 0.339 e. The standard InChI is InChI=1S/C25H38N6O3/c1-17-21(18(2)27(3)26-17)7-8-23(32)28-9-11-29(12-10-28)25(34)30-14-19-13-20(16-30)22-5-4-6-24(33)31(22)15-19/h19-20,22H,4-16H2,1-3H3/t19-,20-,22-/m1/s1. The number of carbonyl (C=O) groups excluding carboxylic acids is 3. The Morgan fingerprint density at radius 3 is 2.44 bits per heavy atom. The highest BCUT2D eigenvalue weighted by atomic mass is 16.2. The maximum absolute atomic E-state index is 13.3. The Morgan fingerprint density at radius 2 is 1.74 bits per heavy atom. The van der Waals surface area contributed by atoms with Gasteiger partial charge in [-0.15, -0.1) is 0 Å². The molecule has 9 heteroatoms. The maximum Gasteiger partial charge on any atom is 0.320 e. The quantitative estimate of drug-likeness (QED) is 0.672. The van der Waals surface area contributed by atoms with Crippen LogP contribution < -0.4 is 0 Å². The number of aromatic nitrogens is 2. The normalized spacial score (nSPS) is 27.1. The van der Waals surface area contributed by atoms with Crippen LogP contribution in [-0.2, 0) is 23.1 Å². The minimum absolute atomic E-state index is 0.110. The molecular formula is C25H38N6O3. The maximum atomic E-state index is 13.3. The van der Waals surface area contributed by atoms with Crippen molar-refractivity contribution in [3.63, 3.8) is 0 Å². The molecule has 0 aromatic carbocycles. The van der Waals surface area contributed by atoms with Crippen LogP contribution >= 0.6 is 0 Å². The molecule has 9 nitrogen and oxygen atoms in total. The van der Waals surface area contributed by atoms with Crippen LogP contribution in [0.2, 0.25) is 0 Å². The number of nitrogens with zero attached hydrogens (tertiary/aromatic N) is 6. The number of aryl methyl sites for hydroxylation is 2. The van der Waals surface area contributed by atoms with E-state index in [4.69, 9.17) is 0 Å². The fourth-order valence-electron chi connectivity index (χ4n) is 6.68. The van der Waals surface area contributed by atoms with Gasteiger partial charge in [-0.2, -0.15) is 5.10 Å². The first-order chi connectivity index (χ1) is 16.3. The Balaban J connectivity index is 1.12. The van der Waals surface area contributed by atoms with E-state index >= 15 is 0 Å². The van der Waals surface area contributed by atoms with Crippen LogP contribution in [0.1, 0.15) is 49.1 Å². The van der Waals surface area contributed by atoms with Crippen molar-refractivity contribution in [3.8, 4) is 0 Å². The molecule has 0 N–H and O–H groups in total. The third-order valence-corrected chi connectivity index (χ3v) is 8.60. The molecule has 34 heavy (non-hydrogen) atoms. The molecule has 1 aromatic heterocycles. The number of likely N-dealkylation sites (tertiary alicyclic amines) is 1. The van der Waals surface area contributed by atoms with E-state index in [-0.39, 0.29) is 11.9 Å². The predicted octanol–water partition coefficient (Wildman–Crippen LogP) is 1.57. The molecule has 5 heterocycles. The molecule has 4 aliphatic heterocycles. The third-order valence-electron chi connectivity index (χ3n) is 8.60. The smallest absolute Gasteiger partial charge is 0.320 e. The molecule has 0 saturated carbocycles. The summed E-state index contributed by atoms with van der Waals surface area (Å²) in [6.45, 7) is 8.73. The number of hydrogen-bond acceptors (Lipinski definition) is 4. The number of amides is 4. The molecule has 4 saturated heterocycles. The van der Waals surface area contributed by atoms with Gasteiger partial charge < -0.3 is 19.6 Å². The zero-order valence-corrected chi connectivity index (χ0v) is 20.8. The van der Waals surface area contributed by atoms with Crippen molar-refractivity contribution in [2.24, 2.45) is 18.9 Å². The van der Waals surface area contributed by atoms with Gasteiger partial charge in [-0.1, -0.05) is 0 Å². The molecule has 4 fully saturated rings. The van der Waals surface area contributed by atoms with E-state index < -0.39 is 0 Å². The van der Waals surface area contributed by atoms with Crippen molar-refractivity contribution in [3.05, 3.63) is 17.0 Å². The molecule has 186 valence electrons. The molecule has 0 spiro atoms. The average molecular weight is 471 g/mol. The van der Waals surface area contributed by atoms with Crippen molar-refractivity contribution in [2.75, 3.05) is 45.8 Å². The number of piperidine rings is 3. The highest BCUT2D eigenvalue weighted by Gasteiger charge is 2.45. The Hall–Kier alpha value is -2.58. The van der Waals surface area contributed by atoms with Gasteiger partial charge in [0, 0.05) is 77.4 Å². The lowest BCUT2D eigenvalue weighted by atomic mass is 9.76. The van der Waals surface area contributed by atoms with Gasteiger partial charge in [-0.05, 0) is 56.9 Å². The first kappa shape index (κ1) is 23.2. The minimum Gasteiger partial charge on any atom is -0.339 e. The first-order valence-corrected chi connectivity index (χ1v) is 12.9. The fraction of sp³-hybridized carbons (Fsp3) is 0.760. The Morgan fingerprint density at radius 1 is 1.00 bits per heavy atom. The van der Waals surface area contributed by atoms with Crippen molar-refractivity contribution >= 4 is 17.8 Å². The van der Waals surface area contributed by atoms with Gasteiger partial charge in [0.2, 0.25) is 11.8 Å². The number of hydrogen-bond donors (Lipinski definition) is 0. The molecule has 0 radical (unpaired) electrons. The number of carbonyl (C=O) groups is 3. The molecule has 4 amide bonds. The van der Waals surface area contributed by atoms with Crippen LogP contribution in [0.15, 0.2) is 0 Å². The Labute approximate surface area is 202 Å². The van der Waals surface area contributed by atoms with Gasteiger partial charge in [0.1, 0.15) is 0 Å². The summed E-state index contributed by atoms with van der Waals surface area (Å²) in [4.78, 5) is 46.5. The van der Waals surface area contributed by atoms with E-state index in [1.807, 2.05) is 40.3 Å². The number of rotatable bonds is 3. The number of piperazine rings is 1. The van der Waals surface area contributed by atoms with E-state index in [9.17, 15) is 14.4 Å². The molecule has 0 aliphatic carbocycles. The van der Waals surface area contributed by atoms with Gasteiger partial charge >= 0.3 is 6.03 Å². The van der Waals surface area contributed by atoms with Crippen molar-refractivity contribution < 1.29 is 14.4 Å². The van der Waals surface area contributed by atoms with Gasteiger partial charge in [0.25, 0.3) is 0 Å². The second-order valence-electron chi connectivity index (χ2n) is 10.7. The van der Waals surface area contributed by atoms with Gasteiger partial charge in [-0.3, -0.25) is 14.3 Å². The topological polar surface area (TPSA) is 82.0 Å². The van der Waals surface area contributed by atoms with E-state index in [0.29, 0.717) is 69.2 Å². The van der Waals surface area contributed by atoms with E-state index in [0.717, 1.165) is 50.3 Å². The molecule has 4 aliphatic rings. The lowest BCUT2D eigenvalue weighted by Crippen LogP contribution is -2.63. The van der Waals surface area contributed by atoms with Gasteiger partial charge in [0.15, 0.2) is 0 Å². The van der Waals surface area contributed by atoms with Crippen molar-refractivity contribution in [1.29, 1.82) is 0 Å². The lowest BCUT2D eigenvalue weighted by Gasteiger charge is -2.53. The predicted molar refractivity (Wildman–Crippen MR) is 127 cm³/mol. The summed E-state index contributed by atoms with van der Waals surface area (Å²) < 4.78 is 1.87. The van der Waals surface area contributed by atoms with E-state index in [1.54, 1.807) is 0 Å². The second kappa shape index (κ2) is 9.23. The summed E-state index contributed by atoms with van der Waals surface area (Å²) in [5.41, 5.74) is 3.28. The lowest BCUT2D eigenvalue weighted by molar-refractivity contribution is -0.144. The summed E-state index contributed by atoms with van der Waals surface area (Å²) in [6, 6.07) is 0.425. The SMILES string of the molecule is Cc1nn(C)c(C)c1CCC(=O)N1CCN(C(=O)N2C[C@H]3C[C@H](C2)[C@H]2CCCC(=O)N2C3)CC1.